The summed E-state index contributed by atoms with van der Waals surface area (Å²) < 4.78 is 42.7. The van der Waals surface area contributed by atoms with E-state index >= 15 is 0 Å². The van der Waals surface area contributed by atoms with Crippen molar-refractivity contribution in [2.45, 2.75) is 32.5 Å². The Bertz CT molecular complexity index is 808. The minimum absolute atomic E-state index is 0.240. The standard InChI is InChI=1S/C19H19F3N2O3/c1-18(2,3)27-17(26)24-15-8-4-12(5-9-15)16(25)23-14-10-6-13(7-11-14)19(20,21)22/h4-11H,1-3H3,(H,23,25)(H,24,26). The fourth-order valence-corrected chi connectivity index (χ4v) is 2.07. The molecular formula is C19H19F3N2O3. The molecule has 0 fully saturated rings. The lowest BCUT2D eigenvalue weighted by Crippen LogP contribution is -2.27. The van der Waals surface area contributed by atoms with Crippen molar-refractivity contribution >= 4 is 23.4 Å². The molecule has 0 aliphatic heterocycles. The van der Waals surface area contributed by atoms with Gasteiger partial charge in [-0.1, -0.05) is 0 Å². The molecule has 0 aliphatic carbocycles. The third kappa shape index (κ3) is 6.32. The van der Waals surface area contributed by atoms with Gasteiger partial charge in [-0.25, -0.2) is 4.79 Å². The van der Waals surface area contributed by atoms with Gasteiger partial charge in [-0.15, -0.1) is 0 Å². The van der Waals surface area contributed by atoms with Gasteiger partial charge in [-0.3, -0.25) is 10.1 Å². The van der Waals surface area contributed by atoms with Crippen LogP contribution in [0.15, 0.2) is 48.5 Å². The summed E-state index contributed by atoms with van der Waals surface area (Å²) >= 11 is 0. The van der Waals surface area contributed by atoms with Gasteiger partial charge in [0.25, 0.3) is 5.91 Å². The molecule has 0 heterocycles. The Kier molecular flexibility index (Phi) is 5.78. The average molecular weight is 380 g/mol. The summed E-state index contributed by atoms with van der Waals surface area (Å²) in [5.41, 5.74) is -0.465. The topological polar surface area (TPSA) is 67.4 Å². The quantitative estimate of drug-likeness (QED) is 0.759. The highest BCUT2D eigenvalue weighted by molar-refractivity contribution is 6.04. The number of benzene rings is 2. The molecule has 2 aromatic carbocycles. The van der Waals surface area contributed by atoms with E-state index in [1.807, 2.05) is 0 Å². The van der Waals surface area contributed by atoms with Crippen molar-refractivity contribution in [3.8, 4) is 0 Å². The fourth-order valence-electron chi connectivity index (χ4n) is 2.07. The van der Waals surface area contributed by atoms with Crippen molar-refractivity contribution in [3.63, 3.8) is 0 Å². The summed E-state index contributed by atoms with van der Waals surface area (Å²) in [6.45, 7) is 5.21. The molecule has 8 heteroatoms. The summed E-state index contributed by atoms with van der Waals surface area (Å²) in [6.07, 6.45) is -5.05. The zero-order valence-corrected chi connectivity index (χ0v) is 15.0. The van der Waals surface area contributed by atoms with Gasteiger partial charge in [-0.05, 0) is 69.3 Å². The normalized spacial score (nSPS) is 11.6. The molecule has 144 valence electrons. The van der Waals surface area contributed by atoms with Crippen LogP contribution in [0.25, 0.3) is 0 Å². The molecule has 0 atom stereocenters. The summed E-state index contributed by atoms with van der Waals surface area (Å²) in [6, 6.07) is 10.1. The summed E-state index contributed by atoms with van der Waals surface area (Å²) in [5, 5.41) is 5.05. The van der Waals surface area contributed by atoms with Crippen LogP contribution in [0.2, 0.25) is 0 Å². The Morgan fingerprint density at radius 1 is 0.815 bits per heavy atom. The van der Waals surface area contributed by atoms with E-state index in [4.69, 9.17) is 4.74 Å². The van der Waals surface area contributed by atoms with Crippen molar-refractivity contribution in [2.24, 2.45) is 0 Å². The number of anilines is 2. The minimum Gasteiger partial charge on any atom is -0.444 e. The Balaban J connectivity index is 1.98. The van der Waals surface area contributed by atoms with Gasteiger partial charge < -0.3 is 10.1 Å². The van der Waals surface area contributed by atoms with Gasteiger partial charge in [0.05, 0.1) is 5.56 Å². The number of carbonyl (C=O) groups is 2. The van der Waals surface area contributed by atoms with E-state index in [1.54, 1.807) is 20.8 Å². The van der Waals surface area contributed by atoms with Gasteiger partial charge >= 0.3 is 12.3 Å². The van der Waals surface area contributed by atoms with Gasteiger partial charge in [0.1, 0.15) is 5.60 Å². The van der Waals surface area contributed by atoms with E-state index < -0.39 is 29.3 Å². The smallest absolute Gasteiger partial charge is 0.416 e. The predicted octanol–water partition coefficient (Wildman–Crippen LogP) is 5.30. The highest BCUT2D eigenvalue weighted by atomic mass is 19.4. The molecule has 2 rings (SSSR count). The van der Waals surface area contributed by atoms with Gasteiger partial charge in [0.2, 0.25) is 0 Å². The second kappa shape index (κ2) is 7.69. The maximum absolute atomic E-state index is 12.5. The third-order valence-corrected chi connectivity index (χ3v) is 3.26. The van der Waals surface area contributed by atoms with E-state index in [0.29, 0.717) is 5.69 Å². The minimum atomic E-state index is -4.43. The zero-order chi connectivity index (χ0) is 20.2. The van der Waals surface area contributed by atoms with Crippen LogP contribution in [0.3, 0.4) is 0 Å². The first-order valence-electron chi connectivity index (χ1n) is 8.03. The first-order valence-corrected chi connectivity index (χ1v) is 8.03. The van der Waals surface area contributed by atoms with Crippen LogP contribution < -0.4 is 10.6 Å². The van der Waals surface area contributed by atoms with Crippen molar-refractivity contribution in [1.82, 2.24) is 0 Å². The molecule has 0 radical (unpaired) electrons. The molecule has 0 spiro atoms. The van der Waals surface area contributed by atoms with E-state index in [2.05, 4.69) is 10.6 Å². The molecule has 2 N–H and O–H groups in total. The second-order valence-corrected chi connectivity index (χ2v) is 6.73. The van der Waals surface area contributed by atoms with Gasteiger partial charge in [-0.2, -0.15) is 13.2 Å². The predicted molar refractivity (Wildman–Crippen MR) is 95.7 cm³/mol. The molecule has 0 aliphatic rings. The number of nitrogens with one attached hydrogen (secondary N) is 2. The number of hydrogen-bond acceptors (Lipinski definition) is 3. The van der Waals surface area contributed by atoms with Gasteiger partial charge in [0, 0.05) is 16.9 Å². The van der Waals surface area contributed by atoms with Gasteiger partial charge in [0.15, 0.2) is 0 Å². The highest BCUT2D eigenvalue weighted by Gasteiger charge is 2.30. The van der Waals surface area contributed by atoms with Crippen LogP contribution in [0, 0.1) is 0 Å². The Morgan fingerprint density at radius 3 is 1.78 bits per heavy atom. The number of halogens is 3. The van der Waals surface area contributed by atoms with Crippen LogP contribution in [-0.2, 0) is 10.9 Å². The molecule has 0 saturated heterocycles. The first-order chi connectivity index (χ1) is 12.4. The van der Waals surface area contributed by atoms with E-state index in [0.717, 1.165) is 12.1 Å². The molecule has 0 saturated carbocycles. The highest BCUT2D eigenvalue weighted by Crippen LogP contribution is 2.29. The van der Waals surface area contributed by atoms with Crippen molar-refractivity contribution in [3.05, 3.63) is 59.7 Å². The molecule has 5 nitrogen and oxygen atoms in total. The third-order valence-electron chi connectivity index (χ3n) is 3.26. The first kappa shape index (κ1) is 20.3. The Labute approximate surface area is 154 Å². The van der Waals surface area contributed by atoms with Crippen LogP contribution in [0.1, 0.15) is 36.7 Å². The van der Waals surface area contributed by atoms with Crippen LogP contribution in [0.4, 0.5) is 29.3 Å². The van der Waals surface area contributed by atoms with Crippen molar-refractivity contribution in [2.75, 3.05) is 10.6 Å². The zero-order valence-electron chi connectivity index (χ0n) is 15.0. The number of alkyl halides is 3. The summed E-state index contributed by atoms with van der Waals surface area (Å²) in [4.78, 5) is 23.9. The average Bonchev–Trinajstić information content (AvgIpc) is 2.53. The number of rotatable bonds is 3. The molecule has 0 bridgehead atoms. The second-order valence-electron chi connectivity index (χ2n) is 6.73. The number of amides is 2. The van der Waals surface area contributed by atoms with Crippen LogP contribution in [0.5, 0.6) is 0 Å². The Hall–Kier alpha value is -3.03. The molecule has 0 unspecified atom stereocenters. The molecular weight excluding hydrogens is 361 g/mol. The summed E-state index contributed by atoms with van der Waals surface area (Å²) in [5.74, 6) is -0.487. The lowest BCUT2D eigenvalue weighted by atomic mass is 10.1. The number of ether oxygens (including phenoxy) is 1. The lowest BCUT2D eigenvalue weighted by Gasteiger charge is -2.19. The monoisotopic (exact) mass is 380 g/mol. The van der Waals surface area contributed by atoms with E-state index in [9.17, 15) is 22.8 Å². The van der Waals surface area contributed by atoms with Crippen LogP contribution >= 0.6 is 0 Å². The van der Waals surface area contributed by atoms with E-state index in [1.165, 1.54) is 36.4 Å². The largest absolute Gasteiger partial charge is 0.444 e. The SMILES string of the molecule is CC(C)(C)OC(=O)Nc1ccc(C(=O)Nc2ccc(C(F)(F)F)cc2)cc1. The summed E-state index contributed by atoms with van der Waals surface area (Å²) in [7, 11) is 0. The molecule has 2 aromatic rings. The Morgan fingerprint density at radius 2 is 1.30 bits per heavy atom. The maximum atomic E-state index is 12.5. The molecule has 27 heavy (non-hydrogen) atoms. The van der Waals surface area contributed by atoms with E-state index in [-0.39, 0.29) is 11.3 Å². The molecule has 0 aromatic heterocycles. The fraction of sp³-hybridized carbons (Fsp3) is 0.263. The van der Waals surface area contributed by atoms with Crippen molar-refractivity contribution in [1.29, 1.82) is 0 Å². The maximum Gasteiger partial charge on any atom is 0.416 e. The van der Waals surface area contributed by atoms with Crippen LogP contribution in [-0.4, -0.2) is 17.6 Å². The lowest BCUT2D eigenvalue weighted by molar-refractivity contribution is -0.137. The number of carbonyl (C=O) groups excluding carboxylic acids is 2. The van der Waals surface area contributed by atoms with Crippen molar-refractivity contribution < 1.29 is 27.5 Å². The number of hydrogen-bond donors (Lipinski definition) is 2. The molecule has 2 amide bonds.